The molecule has 0 aliphatic carbocycles. The van der Waals surface area contributed by atoms with Crippen LogP contribution in [0.2, 0.25) is 0 Å². The van der Waals surface area contributed by atoms with E-state index in [1.807, 2.05) is 32.0 Å². The summed E-state index contributed by atoms with van der Waals surface area (Å²) < 4.78 is 38.9. The van der Waals surface area contributed by atoms with Gasteiger partial charge < -0.3 is 14.8 Å². The van der Waals surface area contributed by atoms with Crippen molar-refractivity contribution in [2.45, 2.75) is 49.6 Å². The van der Waals surface area contributed by atoms with Gasteiger partial charge in [0.2, 0.25) is 15.9 Å². The van der Waals surface area contributed by atoms with Gasteiger partial charge in [0.1, 0.15) is 17.1 Å². The van der Waals surface area contributed by atoms with Gasteiger partial charge in [-0.2, -0.15) is 4.31 Å². The second-order valence-electron chi connectivity index (χ2n) is 9.05. The fourth-order valence-corrected chi connectivity index (χ4v) is 6.04. The minimum Gasteiger partial charge on any atom is -0.497 e. The summed E-state index contributed by atoms with van der Waals surface area (Å²) in [5.41, 5.74) is 0.441. The van der Waals surface area contributed by atoms with Gasteiger partial charge in [0, 0.05) is 25.1 Å². The van der Waals surface area contributed by atoms with E-state index in [2.05, 4.69) is 5.32 Å². The minimum absolute atomic E-state index is 0.130. The number of methoxy groups -OCH3 is 1. The standard InChI is InChI=1S/C24H30N2O5S/c1-24(2)15-21(20-14-18(30-3)11-12-22(20)31-24)25-23(27)17-8-7-13-26(16-17)32(28,29)19-9-5-4-6-10-19/h4-6,9-12,14,17,21H,7-8,13,15-16H2,1-3H3,(H,25,27)/t17-,21+/m0/s1. The van der Waals surface area contributed by atoms with E-state index in [4.69, 9.17) is 9.47 Å². The van der Waals surface area contributed by atoms with Crippen LogP contribution in [0.4, 0.5) is 0 Å². The lowest BCUT2D eigenvalue weighted by Gasteiger charge is -2.39. The number of ether oxygens (including phenoxy) is 2. The fraction of sp³-hybridized carbons (Fsp3) is 0.458. The molecule has 2 aliphatic heterocycles. The zero-order valence-corrected chi connectivity index (χ0v) is 19.5. The number of rotatable bonds is 5. The average molecular weight is 459 g/mol. The molecule has 32 heavy (non-hydrogen) atoms. The maximum Gasteiger partial charge on any atom is 0.243 e. The smallest absolute Gasteiger partial charge is 0.243 e. The Kier molecular flexibility index (Phi) is 6.18. The van der Waals surface area contributed by atoms with Crippen molar-refractivity contribution >= 4 is 15.9 Å². The molecule has 2 aromatic carbocycles. The Labute approximate surface area is 189 Å². The lowest BCUT2D eigenvalue weighted by molar-refractivity contribution is -0.127. The molecule has 8 heteroatoms. The van der Waals surface area contributed by atoms with Crippen molar-refractivity contribution in [3.8, 4) is 11.5 Å². The number of nitrogens with zero attached hydrogens (tertiary/aromatic N) is 1. The Morgan fingerprint density at radius 3 is 2.66 bits per heavy atom. The summed E-state index contributed by atoms with van der Waals surface area (Å²) in [5.74, 6) is 0.894. The number of amides is 1. The summed E-state index contributed by atoms with van der Waals surface area (Å²) in [6.45, 7) is 4.59. The molecule has 2 aromatic rings. The molecule has 4 rings (SSSR count). The zero-order valence-electron chi connectivity index (χ0n) is 18.7. The van der Waals surface area contributed by atoms with Crippen molar-refractivity contribution in [1.82, 2.24) is 9.62 Å². The van der Waals surface area contributed by atoms with Crippen LogP contribution in [0.1, 0.15) is 44.7 Å². The van der Waals surface area contributed by atoms with Crippen LogP contribution in [0.3, 0.4) is 0 Å². The van der Waals surface area contributed by atoms with Gasteiger partial charge >= 0.3 is 0 Å². The Morgan fingerprint density at radius 1 is 1.19 bits per heavy atom. The molecule has 7 nitrogen and oxygen atoms in total. The average Bonchev–Trinajstić information content (AvgIpc) is 2.79. The maximum absolute atomic E-state index is 13.2. The molecule has 1 amide bonds. The van der Waals surface area contributed by atoms with Crippen molar-refractivity contribution in [2.75, 3.05) is 20.2 Å². The van der Waals surface area contributed by atoms with Crippen molar-refractivity contribution in [3.05, 3.63) is 54.1 Å². The Morgan fingerprint density at radius 2 is 1.94 bits per heavy atom. The van der Waals surface area contributed by atoms with Crippen molar-refractivity contribution in [3.63, 3.8) is 0 Å². The molecule has 0 bridgehead atoms. The highest BCUT2D eigenvalue weighted by atomic mass is 32.2. The third-order valence-corrected chi connectivity index (χ3v) is 8.01. The van der Waals surface area contributed by atoms with Gasteiger partial charge in [-0.1, -0.05) is 18.2 Å². The molecule has 1 saturated heterocycles. The lowest BCUT2D eigenvalue weighted by Crippen LogP contribution is -2.48. The molecule has 172 valence electrons. The van der Waals surface area contributed by atoms with E-state index in [9.17, 15) is 13.2 Å². The normalized spacial score (nSPS) is 23.0. The van der Waals surface area contributed by atoms with E-state index in [1.54, 1.807) is 37.4 Å². The van der Waals surface area contributed by atoms with Gasteiger partial charge in [-0.25, -0.2) is 8.42 Å². The number of carbonyl (C=O) groups is 1. The van der Waals surface area contributed by atoms with Gasteiger partial charge in [0.25, 0.3) is 0 Å². The molecule has 2 atom stereocenters. The van der Waals surface area contributed by atoms with Crippen LogP contribution in [0, 0.1) is 5.92 Å². The van der Waals surface area contributed by atoms with Crippen molar-refractivity contribution < 1.29 is 22.7 Å². The SMILES string of the molecule is COc1ccc2c(c1)[C@H](NC(=O)[C@H]1CCCN(S(=O)(=O)c3ccccc3)C1)CC(C)(C)O2. The molecule has 0 radical (unpaired) electrons. The molecule has 2 heterocycles. The van der Waals surface area contributed by atoms with Gasteiger partial charge in [-0.3, -0.25) is 4.79 Å². The van der Waals surface area contributed by atoms with E-state index >= 15 is 0 Å². The van der Waals surface area contributed by atoms with E-state index in [0.29, 0.717) is 31.6 Å². The predicted octanol–water partition coefficient (Wildman–Crippen LogP) is 3.51. The molecule has 0 saturated carbocycles. The number of fused-ring (bicyclic) bond motifs is 1. The van der Waals surface area contributed by atoms with E-state index in [1.165, 1.54) is 4.31 Å². The first-order valence-corrected chi connectivity index (χ1v) is 12.4. The Balaban J connectivity index is 1.52. The summed E-state index contributed by atoms with van der Waals surface area (Å²) in [6, 6.07) is 13.7. The lowest BCUT2D eigenvalue weighted by atomic mass is 9.88. The first kappa shape index (κ1) is 22.6. The summed E-state index contributed by atoms with van der Waals surface area (Å²) in [7, 11) is -2.02. The third-order valence-electron chi connectivity index (χ3n) is 6.13. The van der Waals surface area contributed by atoms with Gasteiger partial charge in [0.05, 0.1) is 24.0 Å². The summed E-state index contributed by atoms with van der Waals surface area (Å²) in [4.78, 5) is 13.5. The maximum atomic E-state index is 13.2. The highest BCUT2D eigenvalue weighted by Crippen LogP contribution is 2.41. The van der Waals surface area contributed by atoms with E-state index in [0.717, 1.165) is 11.3 Å². The molecular weight excluding hydrogens is 428 g/mol. The van der Waals surface area contributed by atoms with Crippen LogP contribution in [-0.2, 0) is 14.8 Å². The predicted molar refractivity (Wildman–Crippen MR) is 121 cm³/mol. The highest BCUT2D eigenvalue weighted by molar-refractivity contribution is 7.89. The quantitative estimate of drug-likeness (QED) is 0.741. The molecule has 0 spiro atoms. The van der Waals surface area contributed by atoms with Crippen LogP contribution < -0.4 is 14.8 Å². The zero-order chi connectivity index (χ0) is 22.9. The summed E-state index contributed by atoms with van der Waals surface area (Å²) in [5, 5.41) is 3.17. The van der Waals surface area contributed by atoms with E-state index < -0.39 is 21.5 Å². The molecule has 0 aromatic heterocycles. The van der Waals surface area contributed by atoms with Gasteiger partial charge in [-0.15, -0.1) is 0 Å². The Bertz CT molecular complexity index is 1080. The summed E-state index contributed by atoms with van der Waals surface area (Å²) in [6.07, 6.45) is 1.91. The van der Waals surface area contributed by atoms with Crippen molar-refractivity contribution in [2.24, 2.45) is 5.92 Å². The first-order chi connectivity index (χ1) is 15.2. The second-order valence-corrected chi connectivity index (χ2v) is 11.0. The van der Waals surface area contributed by atoms with Crippen LogP contribution in [0.25, 0.3) is 0 Å². The fourth-order valence-electron chi connectivity index (χ4n) is 4.49. The largest absolute Gasteiger partial charge is 0.497 e. The Hall–Kier alpha value is -2.58. The number of nitrogens with one attached hydrogen (secondary N) is 1. The van der Waals surface area contributed by atoms with Crippen LogP contribution in [0.15, 0.2) is 53.4 Å². The molecular formula is C24H30N2O5S. The van der Waals surface area contributed by atoms with Crippen LogP contribution in [0.5, 0.6) is 11.5 Å². The highest BCUT2D eigenvalue weighted by Gasteiger charge is 2.38. The molecule has 0 unspecified atom stereocenters. The van der Waals surface area contributed by atoms with Crippen LogP contribution in [-0.4, -0.2) is 44.4 Å². The number of benzene rings is 2. The van der Waals surface area contributed by atoms with Crippen molar-refractivity contribution in [1.29, 1.82) is 0 Å². The molecule has 2 aliphatic rings. The monoisotopic (exact) mass is 458 g/mol. The second kappa shape index (κ2) is 8.75. The topological polar surface area (TPSA) is 84.9 Å². The number of sulfonamides is 1. The molecule has 1 N–H and O–H groups in total. The first-order valence-electron chi connectivity index (χ1n) is 10.9. The number of carbonyl (C=O) groups excluding carboxylic acids is 1. The minimum atomic E-state index is -3.62. The molecule has 1 fully saturated rings. The third kappa shape index (κ3) is 4.61. The van der Waals surface area contributed by atoms with Crippen LogP contribution >= 0.6 is 0 Å². The van der Waals surface area contributed by atoms with Gasteiger partial charge in [0.15, 0.2) is 0 Å². The number of hydrogen-bond donors (Lipinski definition) is 1. The number of piperidine rings is 1. The van der Waals surface area contributed by atoms with Gasteiger partial charge in [-0.05, 0) is 57.0 Å². The summed E-state index contributed by atoms with van der Waals surface area (Å²) >= 11 is 0. The number of hydrogen-bond acceptors (Lipinski definition) is 5. The van der Waals surface area contributed by atoms with E-state index in [-0.39, 0.29) is 23.4 Å².